The van der Waals surface area contributed by atoms with Crippen molar-refractivity contribution >= 4 is 28.1 Å². The molecule has 8 nitrogen and oxygen atoms in total. The van der Waals surface area contributed by atoms with Gasteiger partial charge in [0.05, 0.1) is 30.9 Å². The fourth-order valence-corrected chi connectivity index (χ4v) is 4.56. The molecule has 0 radical (unpaired) electrons. The Bertz CT molecular complexity index is 1140. The second kappa shape index (κ2) is 7.31. The first-order chi connectivity index (χ1) is 15.1. The van der Waals surface area contributed by atoms with Crippen molar-refractivity contribution in [3.8, 4) is 11.5 Å². The van der Waals surface area contributed by atoms with E-state index in [9.17, 15) is 4.79 Å². The van der Waals surface area contributed by atoms with E-state index in [-0.39, 0.29) is 5.78 Å². The molecule has 3 aromatic rings. The van der Waals surface area contributed by atoms with Gasteiger partial charge in [0.15, 0.2) is 5.78 Å². The molecule has 0 amide bonds. The van der Waals surface area contributed by atoms with Crippen LogP contribution in [0.4, 0.5) is 5.69 Å². The van der Waals surface area contributed by atoms with Crippen LogP contribution in [0.1, 0.15) is 18.7 Å². The van der Waals surface area contributed by atoms with Gasteiger partial charge in [-0.3, -0.25) is 4.79 Å². The topological polar surface area (TPSA) is 103 Å². The highest BCUT2D eigenvalue weighted by molar-refractivity contribution is 6.30. The van der Waals surface area contributed by atoms with Crippen molar-refractivity contribution in [1.29, 1.82) is 0 Å². The van der Waals surface area contributed by atoms with Crippen molar-refractivity contribution in [3.05, 3.63) is 54.1 Å². The van der Waals surface area contributed by atoms with Gasteiger partial charge in [-0.15, -0.1) is 0 Å². The first-order valence-electron chi connectivity index (χ1n) is 10.2. The number of carbonyl (C=O) groups is 1. The number of para-hydroxylation sites is 2. The average Bonchev–Trinajstić information content (AvgIpc) is 3.30. The number of rotatable bonds is 4. The molecular weight excluding hydrogens is 396 g/mol. The van der Waals surface area contributed by atoms with Gasteiger partial charge in [-0.05, 0) is 12.1 Å². The highest BCUT2D eigenvalue weighted by Gasteiger charge is 2.54. The highest BCUT2D eigenvalue weighted by Crippen LogP contribution is 2.46. The summed E-state index contributed by atoms with van der Waals surface area (Å²) in [6.45, 7) is 0.952. The molecule has 0 atom stereocenters. The zero-order valence-corrected chi connectivity index (χ0v) is 17.5. The van der Waals surface area contributed by atoms with Crippen LogP contribution in [0.3, 0.4) is 0 Å². The minimum atomic E-state index is -0.839. The zero-order valence-electron chi connectivity index (χ0n) is 17.5. The Kier molecular flexibility index (Phi) is 4.59. The van der Waals surface area contributed by atoms with E-state index in [1.807, 2.05) is 41.3 Å². The van der Waals surface area contributed by atoms with Gasteiger partial charge < -0.3 is 29.8 Å². The van der Waals surface area contributed by atoms with Crippen molar-refractivity contribution < 1.29 is 19.0 Å². The third-order valence-electron chi connectivity index (χ3n) is 6.12. The van der Waals surface area contributed by atoms with Gasteiger partial charge in [0, 0.05) is 44.3 Å². The number of hydrogen-bond acceptors (Lipinski definition) is 7. The largest absolute Gasteiger partial charge is 0.497 e. The molecule has 1 spiro atoms. The van der Waals surface area contributed by atoms with Crippen LogP contribution in [0.15, 0.2) is 48.3 Å². The van der Waals surface area contributed by atoms with E-state index in [1.54, 1.807) is 20.3 Å². The second-order valence-electron chi connectivity index (χ2n) is 7.74. The van der Waals surface area contributed by atoms with Crippen LogP contribution in [0.25, 0.3) is 16.6 Å². The quantitative estimate of drug-likeness (QED) is 0.669. The molecule has 160 valence electrons. The van der Waals surface area contributed by atoms with Crippen LogP contribution >= 0.6 is 0 Å². The number of methoxy groups -OCH3 is 2. The average molecular weight is 420 g/mol. The van der Waals surface area contributed by atoms with Crippen molar-refractivity contribution in [1.82, 2.24) is 9.97 Å². The number of aromatic amines is 1. The molecule has 0 saturated carbocycles. The molecule has 0 unspecified atom stereocenters. The number of benzene rings is 2. The molecule has 0 aliphatic carbocycles. The number of ketones is 1. The molecule has 1 saturated heterocycles. The molecule has 1 fully saturated rings. The minimum Gasteiger partial charge on any atom is -0.497 e. The molecular formula is C23H24N4O4. The number of H-pyrrole nitrogens is 1. The predicted octanol–water partition coefficient (Wildman–Crippen LogP) is 2.85. The van der Waals surface area contributed by atoms with Crippen LogP contribution < -0.4 is 20.1 Å². The minimum absolute atomic E-state index is 0.0471. The van der Waals surface area contributed by atoms with Crippen molar-refractivity contribution in [2.45, 2.75) is 18.4 Å². The Hall–Kier alpha value is -3.52. The Morgan fingerprint density at radius 3 is 2.42 bits per heavy atom. The number of aromatic nitrogens is 2. The van der Waals surface area contributed by atoms with Crippen LogP contribution in [0, 0.1) is 0 Å². The van der Waals surface area contributed by atoms with E-state index in [2.05, 4.69) is 9.97 Å². The normalized spacial score (nSPS) is 18.3. The first kappa shape index (κ1) is 19.4. The summed E-state index contributed by atoms with van der Waals surface area (Å²) in [5.74, 6) is 2.03. The third-order valence-corrected chi connectivity index (χ3v) is 6.12. The lowest BCUT2D eigenvalue weighted by Crippen LogP contribution is -2.54. The van der Waals surface area contributed by atoms with Crippen molar-refractivity contribution in [2.24, 2.45) is 5.73 Å². The summed E-state index contributed by atoms with van der Waals surface area (Å²) in [5, 5.41) is 0. The molecule has 3 heterocycles. The second-order valence-corrected chi connectivity index (χ2v) is 7.74. The fraction of sp³-hybridized carbons (Fsp3) is 0.304. The summed E-state index contributed by atoms with van der Waals surface area (Å²) in [5.41, 5.74) is 8.63. The number of imidazole rings is 1. The lowest BCUT2D eigenvalue weighted by atomic mass is 9.83. The summed E-state index contributed by atoms with van der Waals surface area (Å²) in [7, 11) is 3.19. The van der Waals surface area contributed by atoms with Crippen LogP contribution in [-0.2, 0) is 9.53 Å². The summed E-state index contributed by atoms with van der Waals surface area (Å²) in [6, 6.07) is 13.2. The molecule has 2 aromatic carbocycles. The maximum absolute atomic E-state index is 13.9. The third kappa shape index (κ3) is 2.94. The van der Waals surface area contributed by atoms with Crippen molar-refractivity contribution in [3.63, 3.8) is 0 Å². The number of ether oxygens (including phenoxy) is 3. The lowest BCUT2D eigenvalue weighted by Gasteiger charge is -2.41. The number of nitrogens with zero attached hydrogens (tertiary/aromatic N) is 2. The van der Waals surface area contributed by atoms with E-state index in [0.29, 0.717) is 54.8 Å². The molecule has 2 aliphatic heterocycles. The molecule has 1 aromatic heterocycles. The predicted molar refractivity (Wildman–Crippen MR) is 117 cm³/mol. The highest BCUT2D eigenvalue weighted by atomic mass is 16.5. The molecule has 2 aliphatic rings. The number of anilines is 1. The Balaban J connectivity index is 1.71. The van der Waals surface area contributed by atoms with Crippen molar-refractivity contribution in [2.75, 3.05) is 32.3 Å². The Labute approximate surface area is 179 Å². The first-order valence-corrected chi connectivity index (χ1v) is 10.2. The maximum Gasteiger partial charge on any atom is 0.196 e. The maximum atomic E-state index is 13.9. The van der Waals surface area contributed by atoms with Gasteiger partial charge in [0.1, 0.15) is 34.3 Å². The SMILES string of the molecule is COc1cc(OC)cc(N2C(N)=C(c3nc4ccccc4[nH]3)C(=O)C23CCOCC3)c1. The summed E-state index contributed by atoms with van der Waals surface area (Å²) in [6.07, 6.45) is 1.05. The monoisotopic (exact) mass is 420 g/mol. The molecule has 31 heavy (non-hydrogen) atoms. The smallest absolute Gasteiger partial charge is 0.196 e. The van der Waals surface area contributed by atoms with Gasteiger partial charge in [0.2, 0.25) is 0 Å². The van der Waals surface area contributed by atoms with E-state index in [1.165, 1.54) is 0 Å². The standard InChI is InChI=1S/C23H24N4O4/c1-29-15-11-14(12-16(13-15)30-2)27-21(24)19(20(28)23(27)7-9-31-10-8-23)22-25-17-5-3-4-6-18(17)26-22/h3-6,11-13H,7-10,24H2,1-2H3,(H,25,26). The fourth-order valence-electron chi connectivity index (χ4n) is 4.56. The van der Waals surface area contributed by atoms with E-state index >= 15 is 0 Å². The summed E-state index contributed by atoms with van der Waals surface area (Å²) < 4.78 is 16.5. The summed E-state index contributed by atoms with van der Waals surface area (Å²) in [4.78, 5) is 23.7. The van der Waals surface area contributed by atoms with E-state index in [4.69, 9.17) is 19.9 Å². The molecule has 8 heteroatoms. The number of hydrogen-bond donors (Lipinski definition) is 2. The van der Waals surface area contributed by atoms with Gasteiger partial charge >= 0.3 is 0 Å². The van der Waals surface area contributed by atoms with Gasteiger partial charge in [-0.25, -0.2) is 4.98 Å². The Morgan fingerprint density at radius 1 is 1.10 bits per heavy atom. The summed E-state index contributed by atoms with van der Waals surface area (Å²) >= 11 is 0. The number of fused-ring (bicyclic) bond motifs is 1. The van der Waals surface area contributed by atoms with Crippen LogP contribution in [0.5, 0.6) is 11.5 Å². The van der Waals surface area contributed by atoms with Crippen LogP contribution in [0.2, 0.25) is 0 Å². The lowest BCUT2D eigenvalue weighted by molar-refractivity contribution is -0.120. The molecule has 5 rings (SSSR count). The van der Waals surface area contributed by atoms with Gasteiger partial charge in [-0.2, -0.15) is 0 Å². The molecule has 3 N–H and O–H groups in total. The molecule has 0 bridgehead atoms. The Morgan fingerprint density at radius 2 is 1.77 bits per heavy atom. The van der Waals surface area contributed by atoms with E-state index in [0.717, 1.165) is 16.7 Å². The number of nitrogens with two attached hydrogens (primary N) is 1. The number of nitrogens with one attached hydrogen (secondary N) is 1. The van der Waals surface area contributed by atoms with Gasteiger partial charge in [0.25, 0.3) is 0 Å². The number of carbonyl (C=O) groups excluding carboxylic acids is 1. The zero-order chi connectivity index (χ0) is 21.6. The van der Waals surface area contributed by atoms with Gasteiger partial charge in [-0.1, -0.05) is 12.1 Å². The van der Waals surface area contributed by atoms with E-state index < -0.39 is 5.54 Å². The number of Topliss-reactive ketones (excluding diaryl/α,β-unsaturated/α-hetero) is 1. The van der Waals surface area contributed by atoms with Crippen LogP contribution in [-0.4, -0.2) is 48.7 Å².